The van der Waals surface area contributed by atoms with Gasteiger partial charge in [-0.15, -0.1) is 0 Å². The maximum absolute atomic E-state index is 12.9. The van der Waals surface area contributed by atoms with Crippen LogP contribution in [-0.2, 0) is 22.6 Å². The first-order chi connectivity index (χ1) is 13.6. The molecule has 2 amide bonds. The number of likely N-dealkylation sites (tertiary alicyclic amines) is 1. The Labute approximate surface area is 165 Å². The van der Waals surface area contributed by atoms with Crippen molar-refractivity contribution in [3.63, 3.8) is 0 Å². The standard InChI is InChI=1S/C22H26FN3O2/c23-19-7-4-18(5-8-19)16-25-21(27)9-6-17-10-13-26(14-11-17)22(28)15-20-3-1-2-12-24-20/h1-5,7-8,12,17H,6,9-11,13-16H2,(H,25,27). The fraction of sp³-hybridized carbons (Fsp3) is 0.409. The zero-order valence-electron chi connectivity index (χ0n) is 15.9. The zero-order chi connectivity index (χ0) is 19.8. The third kappa shape index (κ3) is 6.15. The van der Waals surface area contributed by atoms with Crippen LogP contribution in [0.15, 0.2) is 48.7 Å². The number of carbonyl (C=O) groups is 2. The molecule has 0 saturated carbocycles. The second-order valence-corrected chi connectivity index (χ2v) is 7.26. The normalized spacial score (nSPS) is 14.7. The molecule has 0 bridgehead atoms. The van der Waals surface area contributed by atoms with Crippen LogP contribution in [-0.4, -0.2) is 34.8 Å². The van der Waals surface area contributed by atoms with E-state index in [4.69, 9.17) is 0 Å². The Hall–Kier alpha value is -2.76. The molecular weight excluding hydrogens is 357 g/mol. The first-order valence-electron chi connectivity index (χ1n) is 9.79. The predicted octanol–water partition coefficient (Wildman–Crippen LogP) is 3.10. The summed E-state index contributed by atoms with van der Waals surface area (Å²) in [6.45, 7) is 1.90. The minimum atomic E-state index is -0.278. The van der Waals surface area contributed by atoms with Crippen LogP contribution in [0.1, 0.15) is 36.9 Å². The van der Waals surface area contributed by atoms with Gasteiger partial charge in [-0.05, 0) is 55.0 Å². The maximum Gasteiger partial charge on any atom is 0.228 e. The molecule has 5 nitrogen and oxygen atoms in total. The van der Waals surface area contributed by atoms with E-state index < -0.39 is 0 Å². The van der Waals surface area contributed by atoms with Gasteiger partial charge in [0.1, 0.15) is 5.82 Å². The first kappa shape index (κ1) is 20.0. The molecule has 148 valence electrons. The van der Waals surface area contributed by atoms with E-state index in [2.05, 4.69) is 10.3 Å². The van der Waals surface area contributed by atoms with E-state index in [0.717, 1.165) is 43.6 Å². The van der Waals surface area contributed by atoms with E-state index >= 15 is 0 Å². The summed E-state index contributed by atoms with van der Waals surface area (Å²) in [5.74, 6) is 0.322. The lowest BCUT2D eigenvalue weighted by atomic mass is 9.92. The third-order valence-corrected chi connectivity index (χ3v) is 5.21. The van der Waals surface area contributed by atoms with Crippen LogP contribution in [0.5, 0.6) is 0 Å². The summed E-state index contributed by atoms with van der Waals surface area (Å²) < 4.78 is 12.9. The number of carbonyl (C=O) groups excluding carboxylic acids is 2. The van der Waals surface area contributed by atoms with Crippen molar-refractivity contribution >= 4 is 11.8 Å². The van der Waals surface area contributed by atoms with Gasteiger partial charge in [0.05, 0.1) is 6.42 Å². The molecule has 2 aromatic rings. The Bertz CT molecular complexity index is 772. The molecule has 1 N–H and O–H groups in total. The Morgan fingerprint density at radius 2 is 1.86 bits per heavy atom. The molecule has 1 aromatic carbocycles. The topological polar surface area (TPSA) is 62.3 Å². The van der Waals surface area contributed by atoms with E-state index in [-0.39, 0.29) is 17.6 Å². The molecule has 1 aromatic heterocycles. The largest absolute Gasteiger partial charge is 0.352 e. The fourth-order valence-corrected chi connectivity index (χ4v) is 3.47. The highest BCUT2D eigenvalue weighted by molar-refractivity contribution is 5.78. The van der Waals surface area contributed by atoms with Crippen molar-refractivity contribution < 1.29 is 14.0 Å². The Kier molecular flexibility index (Phi) is 7.12. The zero-order valence-corrected chi connectivity index (χ0v) is 15.9. The van der Waals surface area contributed by atoms with Crippen LogP contribution in [0.4, 0.5) is 4.39 Å². The average Bonchev–Trinajstić information content (AvgIpc) is 2.73. The van der Waals surface area contributed by atoms with Crippen molar-refractivity contribution in [3.8, 4) is 0 Å². The molecular formula is C22H26FN3O2. The number of amides is 2. The number of pyridine rings is 1. The van der Waals surface area contributed by atoms with Crippen molar-refractivity contribution in [2.75, 3.05) is 13.1 Å². The van der Waals surface area contributed by atoms with E-state index in [0.29, 0.717) is 25.3 Å². The van der Waals surface area contributed by atoms with Crippen LogP contribution in [0, 0.1) is 11.7 Å². The molecule has 1 fully saturated rings. The summed E-state index contributed by atoms with van der Waals surface area (Å²) in [5.41, 5.74) is 1.68. The average molecular weight is 383 g/mol. The number of halogens is 1. The molecule has 0 spiro atoms. The van der Waals surface area contributed by atoms with Crippen LogP contribution < -0.4 is 5.32 Å². The smallest absolute Gasteiger partial charge is 0.228 e. The number of nitrogens with one attached hydrogen (secondary N) is 1. The van der Waals surface area contributed by atoms with Gasteiger partial charge >= 0.3 is 0 Å². The van der Waals surface area contributed by atoms with E-state index in [9.17, 15) is 14.0 Å². The van der Waals surface area contributed by atoms with Gasteiger partial charge in [-0.2, -0.15) is 0 Å². The number of rotatable bonds is 7. The highest BCUT2D eigenvalue weighted by atomic mass is 19.1. The molecule has 2 heterocycles. The van der Waals surface area contributed by atoms with Gasteiger partial charge in [-0.25, -0.2) is 4.39 Å². The summed E-state index contributed by atoms with van der Waals surface area (Å²) in [4.78, 5) is 30.5. The first-order valence-corrected chi connectivity index (χ1v) is 9.79. The van der Waals surface area contributed by atoms with Crippen LogP contribution in [0.2, 0.25) is 0 Å². The van der Waals surface area contributed by atoms with Gasteiger partial charge in [-0.1, -0.05) is 18.2 Å². The molecule has 0 atom stereocenters. The summed E-state index contributed by atoms with van der Waals surface area (Å²) in [5, 5.41) is 2.88. The third-order valence-electron chi connectivity index (χ3n) is 5.21. The van der Waals surface area contributed by atoms with Crippen molar-refractivity contribution in [1.29, 1.82) is 0 Å². The van der Waals surface area contributed by atoms with Crippen molar-refractivity contribution in [2.45, 2.75) is 38.6 Å². The predicted molar refractivity (Wildman–Crippen MR) is 105 cm³/mol. The molecule has 0 aliphatic carbocycles. The van der Waals surface area contributed by atoms with Crippen LogP contribution in [0.3, 0.4) is 0 Å². The molecule has 0 unspecified atom stereocenters. The maximum atomic E-state index is 12.9. The minimum Gasteiger partial charge on any atom is -0.352 e. The molecule has 1 saturated heterocycles. The van der Waals surface area contributed by atoms with Crippen LogP contribution >= 0.6 is 0 Å². The van der Waals surface area contributed by atoms with Gasteiger partial charge in [0.15, 0.2) is 0 Å². The second-order valence-electron chi connectivity index (χ2n) is 7.26. The molecule has 1 aliphatic heterocycles. The summed E-state index contributed by atoms with van der Waals surface area (Å²) in [7, 11) is 0. The number of aromatic nitrogens is 1. The number of hydrogen-bond acceptors (Lipinski definition) is 3. The lowest BCUT2D eigenvalue weighted by Gasteiger charge is -2.32. The number of hydrogen-bond donors (Lipinski definition) is 1. The monoisotopic (exact) mass is 383 g/mol. The van der Waals surface area contributed by atoms with Gasteiger partial charge in [0.2, 0.25) is 11.8 Å². The van der Waals surface area contributed by atoms with E-state index in [1.807, 2.05) is 23.1 Å². The quantitative estimate of drug-likeness (QED) is 0.799. The fourth-order valence-electron chi connectivity index (χ4n) is 3.47. The second kappa shape index (κ2) is 9.97. The number of benzene rings is 1. The number of piperidine rings is 1. The van der Waals surface area contributed by atoms with Crippen molar-refractivity contribution in [2.24, 2.45) is 5.92 Å². The summed E-state index contributed by atoms with van der Waals surface area (Å²) >= 11 is 0. The van der Waals surface area contributed by atoms with Gasteiger partial charge < -0.3 is 10.2 Å². The Morgan fingerprint density at radius 3 is 2.54 bits per heavy atom. The van der Waals surface area contributed by atoms with Crippen molar-refractivity contribution in [1.82, 2.24) is 15.2 Å². The molecule has 1 aliphatic rings. The highest BCUT2D eigenvalue weighted by Crippen LogP contribution is 2.22. The van der Waals surface area contributed by atoms with E-state index in [1.165, 1.54) is 12.1 Å². The minimum absolute atomic E-state index is 0.0120. The Morgan fingerprint density at radius 1 is 1.11 bits per heavy atom. The highest BCUT2D eigenvalue weighted by Gasteiger charge is 2.23. The van der Waals surface area contributed by atoms with Crippen LogP contribution in [0.25, 0.3) is 0 Å². The molecule has 3 rings (SSSR count). The SMILES string of the molecule is O=C(CCC1CCN(C(=O)Cc2ccccn2)CC1)NCc1ccc(F)cc1. The molecule has 0 radical (unpaired) electrons. The van der Waals surface area contributed by atoms with E-state index in [1.54, 1.807) is 18.3 Å². The molecule has 6 heteroatoms. The summed E-state index contributed by atoms with van der Waals surface area (Å²) in [6.07, 6.45) is 5.22. The Balaban J connectivity index is 1.33. The van der Waals surface area contributed by atoms with Crippen molar-refractivity contribution in [3.05, 3.63) is 65.7 Å². The van der Waals surface area contributed by atoms with Gasteiger partial charge in [0.25, 0.3) is 0 Å². The van der Waals surface area contributed by atoms with Gasteiger partial charge in [0, 0.05) is 37.9 Å². The lowest BCUT2D eigenvalue weighted by Crippen LogP contribution is -2.39. The number of nitrogens with zero attached hydrogens (tertiary/aromatic N) is 2. The molecule has 28 heavy (non-hydrogen) atoms. The lowest BCUT2D eigenvalue weighted by molar-refractivity contribution is -0.132. The van der Waals surface area contributed by atoms with Gasteiger partial charge in [-0.3, -0.25) is 14.6 Å². The summed E-state index contributed by atoms with van der Waals surface area (Å²) in [6, 6.07) is 11.7.